The molecule has 168 valence electrons. The lowest BCUT2D eigenvalue weighted by atomic mass is 10.2. The molecule has 0 unspecified atom stereocenters. The maximum Gasteiger partial charge on any atom is 0.255 e. The van der Waals surface area contributed by atoms with Gasteiger partial charge in [-0.3, -0.25) is 4.79 Å². The summed E-state index contributed by atoms with van der Waals surface area (Å²) < 4.78 is 38.7. The van der Waals surface area contributed by atoms with Crippen LogP contribution in [0.5, 0.6) is 11.5 Å². The summed E-state index contributed by atoms with van der Waals surface area (Å²) in [5.41, 5.74) is 0.851. The van der Waals surface area contributed by atoms with Crippen LogP contribution in [0.25, 0.3) is 0 Å². The highest BCUT2D eigenvalue weighted by Crippen LogP contribution is 2.31. The molecule has 7 nitrogen and oxygen atoms in total. The molecule has 1 aliphatic rings. The number of amides is 1. The van der Waals surface area contributed by atoms with E-state index < -0.39 is 10.0 Å². The summed E-state index contributed by atoms with van der Waals surface area (Å²) in [6.07, 6.45) is 4.74. The molecule has 2 aromatic carbocycles. The first-order valence-corrected chi connectivity index (χ1v) is 12.1. The highest BCUT2D eigenvalue weighted by molar-refractivity contribution is 7.89. The molecule has 3 rings (SSSR count). The van der Waals surface area contributed by atoms with Crippen molar-refractivity contribution in [1.82, 2.24) is 4.31 Å². The molecular formula is C23H30N2O5S. The summed E-state index contributed by atoms with van der Waals surface area (Å²) in [6.45, 7) is 3.73. The lowest BCUT2D eigenvalue weighted by Gasteiger charge is -2.26. The minimum absolute atomic E-state index is 0.0642. The maximum absolute atomic E-state index is 13.1. The van der Waals surface area contributed by atoms with Crippen molar-refractivity contribution in [3.8, 4) is 11.5 Å². The van der Waals surface area contributed by atoms with Gasteiger partial charge >= 0.3 is 0 Å². The fourth-order valence-corrected chi connectivity index (χ4v) is 5.14. The molecule has 0 aliphatic carbocycles. The molecule has 1 heterocycles. The molecule has 1 fully saturated rings. The van der Waals surface area contributed by atoms with Crippen molar-refractivity contribution in [3.05, 3.63) is 48.0 Å². The molecule has 8 heteroatoms. The van der Waals surface area contributed by atoms with Gasteiger partial charge in [0.25, 0.3) is 5.91 Å². The quantitative estimate of drug-likeness (QED) is 0.581. The number of anilines is 1. The summed E-state index contributed by atoms with van der Waals surface area (Å²) in [4.78, 5) is 12.7. The van der Waals surface area contributed by atoms with Crippen LogP contribution in [-0.2, 0) is 10.0 Å². The van der Waals surface area contributed by atoms with Gasteiger partial charge in [-0.05, 0) is 61.7 Å². The number of hydrogen-bond acceptors (Lipinski definition) is 5. The average molecular weight is 447 g/mol. The zero-order chi connectivity index (χ0) is 22.3. The topological polar surface area (TPSA) is 84.9 Å². The average Bonchev–Trinajstić information content (AvgIpc) is 2.80. The number of hydrogen-bond donors (Lipinski definition) is 1. The number of nitrogens with zero attached hydrogens (tertiary/aromatic N) is 1. The van der Waals surface area contributed by atoms with E-state index in [-0.39, 0.29) is 16.6 Å². The minimum atomic E-state index is -3.70. The van der Waals surface area contributed by atoms with Crippen molar-refractivity contribution >= 4 is 21.6 Å². The van der Waals surface area contributed by atoms with E-state index in [4.69, 9.17) is 9.47 Å². The fourth-order valence-electron chi connectivity index (χ4n) is 3.44. The Kier molecular flexibility index (Phi) is 7.92. The van der Waals surface area contributed by atoms with E-state index in [9.17, 15) is 13.2 Å². The predicted molar refractivity (Wildman–Crippen MR) is 120 cm³/mol. The lowest BCUT2D eigenvalue weighted by molar-refractivity contribution is 0.102. The van der Waals surface area contributed by atoms with Crippen LogP contribution in [0.2, 0.25) is 0 Å². The molecular weight excluding hydrogens is 416 g/mol. The smallest absolute Gasteiger partial charge is 0.255 e. The molecule has 1 N–H and O–H groups in total. The van der Waals surface area contributed by atoms with Crippen LogP contribution in [0.1, 0.15) is 49.4 Å². The number of benzene rings is 2. The van der Waals surface area contributed by atoms with Gasteiger partial charge in [-0.25, -0.2) is 8.42 Å². The first-order chi connectivity index (χ1) is 15.0. The molecule has 0 atom stereocenters. The van der Waals surface area contributed by atoms with Crippen LogP contribution in [0.3, 0.4) is 0 Å². The minimum Gasteiger partial charge on any atom is -0.495 e. The van der Waals surface area contributed by atoms with E-state index in [2.05, 4.69) is 12.2 Å². The van der Waals surface area contributed by atoms with Gasteiger partial charge in [0, 0.05) is 24.3 Å². The number of nitrogens with one attached hydrogen (secondary N) is 1. The third-order valence-corrected chi connectivity index (χ3v) is 7.16. The lowest BCUT2D eigenvalue weighted by Crippen LogP contribution is -2.35. The van der Waals surface area contributed by atoms with Gasteiger partial charge in [0.05, 0.1) is 13.7 Å². The first kappa shape index (κ1) is 23.1. The SMILES string of the molecule is CCCCOc1ccc(C(=O)Nc2ccc(OC)c(S(=O)(=O)N3CCCCC3)c2)cc1. The first-order valence-electron chi connectivity index (χ1n) is 10.7. The van der Waals surface area contributed by atoms with Crippen LogP contribution >= 0.6 is 0 Å². The number of carbonyl (C=O) groups is 1. The number of sulfonamides is 1. The second-order valence-electron chi connectivity index (χ2n) is 7.51. The van der Waals surface area contributed by atoms with Gasteiger partial charge in [-0.2, -0.15) is 4.31 Å². The molecule has 0 bridgehead atoms. The number of carbonyl (C=O) groups excluding carboxylic acids is 1. The third kappa shape index (κ3) is 5.77. The van der Waals surface area contributed by atoms with Gasteiger partial charge in [-0.15, -0.1) is 0 Å². The van der Waals surface area contributed by atoms with E-state index in [1.807, 2.05) is 0 Å². The molecule has 0 spiro atoms. The Labute approximate surface area is 184 Å². The molecule has 2 aromatic rings. The predicted octanol–water partition coefficient (Wildman–Crippen LogP) is 4.30. The maximum atomic E-state index is 13.1. The second-order valence-corrected chi connectivity index (χ2v) is 9.42. The Morgan fingerprint density at radius 1 is 1.06 bits per heavy atom. The molecule has 0 radical (unpaired) electrons. The van der Waals surface area contributed by atoms with E-state index in [0.717, 1.165) is 32.1 Å². The standard InChI is InChI=1S/C23H30N2O5S/c1-3-4-16-30-20-11-8-18(9-12-20)23(26)24-19-10-13-21(29-2)22(17-19)31(27,28)25-14-6-5-7-15-25/h8-13,17H,3-7,14-16H2,1-2H3,(H,24,26). The van der Waals surface area contributed by atoms with Gasteiger partial charge < -0.3 is 14.8 Å². The highest BCUT2D eigenvalue weighted by atomic mass is 32.2. The molecule has 1 amide bonds. The highest BCUT2D eigenvalue weighted by Gasteiger charge is 2.29. The monoisotopic (exact) mass is 446 g/mol. The van der Waals surface area contributed by atoms with Gasteiger partial charge in [0.2, 0.25) is 10.0 Å². The zero-order valence-electron chi connectivity index (χ0n) is 18.1. The van der Waals surface area contributed by atoms with Crippen LogP contribution < -0.4 is 14.8 Å². The number of piperidine rings is 1. The summed E-state index contributed by atoms with van der Waals surface area (Å²) in [5.74, 6) is 0.646. The van der Waals surface area contributed by atoms with Gasteiger partial charge in [0.1, 0.15) is 16.4 Å². The second kappa shape index (κ2) is 10.6. The van der Waals surface area contributed by atoms with Crippen molar-refractivity contribution < 1.29 is 22.7 Å². The molecule has 1 aliphatic heterocycles. The van der Waals surface area contributed by atoms with Crippen LogP contribution in [0.4, 0.5) is 5.69 Å². The molecule has 1 saturated heterocycles. The van der Waals surface area contributed by atoms with Crippen molar-refractivity contribution in [1.29, 1.82) is 0 Å². The van der Waals surface area contributed by atoms with Gasteiger partial charge in [0.15, 0.2) is 0 Å². The number of methoxy groups -OCH3 is 1. The number of rotatable bonds is 9. The summed E-state index contributed by atoms with van der Waals surface area (Å²) >= 11 is 0. The van der Waals surface area contributed by atoms with E-state index in [0.29, 0.717) is 36.7 Å². The molecule has 0 saturated carbocycles. The van der Waals surface area contributed by atoms with Crippen molar-refractivity contribution in [2.45, 2.75) is 43.9 Å². The zero-order valence-corrected chi connectivity index (χ0v) is 18.9. The largest absolute Gasteiger partial charge is 0.495 e. The van der Waals surface area contributed by atoms with Crippen molar-refractivity contribution in [3.63, 3.8) is 0 Å². The van der Waals surface area contributed by atoms with E-state index in [1.54, 1.807) is 36.4 Å². The van der Waals surface area contributed by atoms with Crippen molar-refractivity contribution in [2.24, 2.45) is 0 Å². The van der Waals surface area contributed by atoms with Crippen molar-refractivity contribution in [2.75, 3.05) is 32.1 Å². The van der Waals surface area contributed by atoms with E-state index >= 15 is 0 Å². The Balaban J connectivity index is 1.76. The Morgan fingerprint density at radius 3 is 2.42 bits per heavy atom. The normalized spacial score (nSPS) is 14.8. The summed E-state index contributed by atoms with van der Waals surface area (Å²) in [7, 11) is -2.27. The Morgan fingerprint density at radius 2 is 1.77 bits per heavy atom. The molecule has 31 heavy (non-hydrogen) atoms. The number of ether oxygens (including phenoxy) is 2. The van der Waals surface area contributed by atoms with E-state index in [1.165, 1.54) is 17.5 Å². The number of unbranched alkanes of at least 4 members (excludes halogenated alkanes) is 1. The molecule has 0 aromatic heterocycles. The van der Waals surface area contributed by atoms with Crippen LogP contribution in [-0.4, -0.2) is 45.4 Å². The van der Waals surface area contributed by atoms with Crippen LogP contribution in [0, 0.1) is 0 Å². The Bertz CT molecular complexity index is 984. The summed E-state index contributed by atoms with van der Waals surface area (Å²) in [5, 5.41) is 2.78. The summed E-state index contributed by atoms with van der Waals surface area (Å²) in [6, 6.07) is 11.5. The fraction of sp³-hybridized carbons (Fsp3) is 0.435. The Hall–Kier alpha value is -2.58. The van der Waals surface area contributed by atoms with Crippen LogP contribution in [0.15, 0.2) is 47.4 Å². The third-order valence-electron chi connectivity index (χ3n) is 5.24. The van der Waals surface area contributed by atoms with Gasteiger partial charge in [-0.1, -0.05) is 19.8 Å².